The van der Waals surface area contributed by atoms with Crippen molar-refractivity contribution in [2.45, 2.75) is 59.0 Å². The minimum atomic E-state index is -0.407. The molecule has 0 saturated carbocycles. The number of rotatable bonds is 5. The van der Waals surface area contributed by atoms with Gasteiger partial charge in [0.2, 0.25) is 0 Å². The van der Waals surface area contributed by atoms with Crippen LogP contribution in [0.15, 0.2) is 35.4 Å². The Labute approximate surface area is 139 Å². The highest BCUT2D eigenvalue weighted by Crippen LogP contribution is 2.35. The van der Waals surface area contributed by atoms with E-state index in [0.717, 1.165) is 42.4 Å². The van der Waals surface area contributed by atoms with Crippen LogP contribution < -0.4 is 0 Å². The molecular formula is C20H25NO2. The summed E-state index contributed by atoms with van der Waals surface area (Å²) in [6.07, 6.45) is 3.58. The number of carbonyl (C=O) groups is 1. The van der Waals surface area contributed by atoms with Crippen molar-refractivity contribution in [3.63, 3.8) is 0 Å². The third kappa shape index (κ3) is 4.22. The number of nitriles is 1. The van der Waals surface area contributed by atoms with Crippen LogP contribution in [-0.4, -0.2) is 11.6 Å². The molecule has 1 atom stereocenters. The number of cyclic esters (lactones) is 1. The van der Waals surface area contributed by atoms with Crippen molar-refractivity contribution in [3.8, 4) is 6.07 Å². The lowest BCUT2D eigenvalue weighted by Crippen LogP contribution is -2.36. The summed E-state index contributed by atoms with van der Waals surface area (Å²) in [6, 6.07) is 9.77. The second kappa shape index (κ2) is 7.00. The van der Waals surface area contributed by atoms with Gasteiger partial charge in [0.1, 0.15) is 5.60 Å². The quantitative estimate of drug-likeness (QED) is 0.749. The highest BCUT2D eigenvalue weighted by Gasteiger charge is 2.35. The summed E-state index contributed by atoms with van der Waals surface area (Å²) in [4.78, 5) is 12.5. The zero-order valence-electron chi connectivity index (χ0n) is 14.5. The number of ether oxygens (including phenoxy) is 1. The minimum absolute atomic E-state index is 0.161. The number of esters is 1. The Kier molecular flexibility index (Phi) is 5.26. The zero-order valence-corrected chi connectivity index (χ0v) is 14.5. The lowest BCUT2D eigenvalue weighted by Gasteiger charge is -2.34. The molecule has 0 spiro atoms. The van der Waals surface area contributed by atoms with Crippen molar-refractivity contribution >= 4 is 5.97 Å². The summed E-state index contributed by atoms with van der Waals surface area (Å²) in [7, 11) is 0. The molecule has 0 bridgehead atoms. The molecule has 2 rings (SSSR count). The van der Waals surface area contributed by atoms with Gasteiger partial charge in [-0.1, -0.05) is 31.1 Å². The van der Waals surface area contributed by atoms with Gasteiger partial charge in [-0.3, -0.25) is 0 Å². The van der Waals surface area contributed by atoms with Crippen molar-refractivity contribution in [2.24, 2.45) is 5.92 Å². The van der Waals surface area contributed by atoms with Crippen molar-refractivity contribution in [1.82, 2.24) is 0 Å². The molecule has 3 nitrogen and oxygen atoms in total. The van der Waals surface area contributed by atoms with Crippen molar-refractivity contribution in [1.29, 1.82) is 5.26 Å². The van der Waals surface area contributed by atoms with Gasteiger partial charge in [0.15, 0.2) is 0 Å². The third-order valence-electron chi connectivity index (χ3n) is 4.35. The molecule has 122 valence electrons. The monoisotopic (exact) mass is 311 g/mol. The van der Waals surface area contributed by atoms with Crippen LogP contribution in [0.3, 0.4) is 0 Å². The van der Waals surface area contributed by atoms with Crippen LogP contribution in [0.2, 0.25) is 0 Å². The van der Waals surface area contributed by atoms with Crippen LogP contribution in [-0.2, 0) is 16.0 Å². The molecule has 0 radical (unpaired) electrons. The minimum Gasteiger partial charge on any atom is -0.456 e. The highest BCUT2D eigenvalue weighted by atomic mass is 16.6. The highest BCUT2D eigenvalue weighted by molar-refractivity contribution is 5.91. The molecule has 0 aromatic heterocycles. The standard InChI is InChI=1S/C20H25NO2/c1-5-6-17(11-15-7-9-16(13-21)10-8-15)18-14(2)12-20(3,4)23-19(18)22/h7-10,17H,5-6,11-12H2,1-4H3. The van der Waals surface area contributed by atoms with E-state index >= 15 is 0 Å². The Hall–Kier alpha value is -2.08. The molecule has 0 saturated heterocycles. The van der Waals surface area contributed by atoms with E-state index in [0.29, 0.717) is 5.56 Å². The third-order valence-corrected chi connectivity index (χ3v) is 4.35. The first-order chi connectivity index (χ1) is 10.9. The van der Waals surface area contributed by atoms with E-state index in [9.17, 15) is 4.79 Å². The lowest BCUT2D eigenvalue weighted by molar-refractivity contribution is -0.154. The molecule has 1 unspecified atom stereocenters. The van der Waals surface area contributed by atoms with Crippen LogP contribution in [0.25, 0.3) is 0 Å². The molecule has 0 aliphatic carbocycles. The Bertz CT molecular complexity index is 647. The van der Waals surface area contributed by atoms with Crippen LogP contribution in [0, 0.1) is 17.2 Å². The molecule has 1 aromatic carbocycles. The predicted octanol–water partition coefficient (Wildman–Crippen LogP) is 4.56. The van der Waals surface area contributed by atoms with Crippen LogP contribution in [0.5, 0.6) is 0 Å². The SMILES string of the molecule is CCCC(Cc1ccc(C#N)cc1)C1=C(C)CC(C)(C)OC1=O. The topological polar surface area (TPSA) is 50.1 Å². The Morgan fingerprint density at radius 3 is 2.48 bits per heavy atom. The second-order valence-corrected chi connectivity index (χ2v) is 7.02. The van der Waals surface area contributed by atoms with E-state index in [2.05, 4.69) is 19.9 Å². The molecule has 0 N–H and O–H groups in total. The Balaban J connectivity index is 2.27. The maximum Gasteiger partial charge on any atom is 0.334 e. The molecule has 1 aromatic rings. The zero-order chi connectivity index (χ0) is 17.0. The Morgan fingerprint density at radius 2 is 1.96 bits per heavy atom. The maximum atomic E-state index is 12.5. The molecule has 1 aliphatic rings. The van der Waals surface area contributed by atoms with Gasteiger partial charge >= 0.3 is 5.97 Å². The fraction of sp³-hybridized carbons (Fsp3) is 0.500. The predicted molar refractivity (Wildman–Crippen MR) is 90.7 cm³/mol. The van der Waals surface area contributed by atoms with Gasteiger partial charge in [-0.15, -0.1) is 0 Å². The Morgan fingerprint density at radius 1 is 1.30 bits per heavy atom. The first-order valence-electron chi connectivity index (χ1n) is 8.28. The molecule has 3 heteroatoms. The average molecular weight is 311 g/mol. The largest absolute Gasteiger partial charge is 0.456 e. The van der Waals surface area contributed by atoms with Crippen molar-refractivity contribution in [2.75, 3.05) is 0 Å². The maximum absolute atomic E-state index is 12.5. The molecule has 1 heterocycles. The molecule has 23 heavy (non-hydrogen) atoms. The van der Waals surface area contributed by atoms with Crippen LogP contribution in [0.1, 0.15) is 58.1 Å². The van der Waals surface area contributed by atoms with Gasteiger partial charge in [0.25, 0.3) is 0 Å². The van der Waals surface area contributed by atoms with E-state index in [-0.39, 0.29) is 11.9 Å². The first-order valence-corrected chi connectivity index (χ1v) is 8.28. The van der Waals surface area contributed by atoms with Gasteiger partial charge in [-0.05, 0) is 57.2 Å². The summed E-state index contributed by atoms with van der Waals surface area (Å²) >= 11 is 0. The van der Waals surface area contributed by atoms with Gasteiger partial charge in [-0.25, -0.2) is 4.79 Å². The number of benzene rings is 1. The smallest absolute Gasteiger partial charge is 0.334 e. The normalized spacial score (nSPS) is 18.3. The van der Waals surface area contributed by atoms with Gasteiger partial charge < -0.3 is 4.74 Å². The number of carbonyl (C=O) groups excluding carboxylic acids is 1. The van der Waals surface area contributed by atoms with E-state index < -0.39 is 5.60 Å². The molecule has 0 fully saturated rings. The number of nitrogens with zero attached hydrogens (tertiary/aromatic N) is 1. The summed E-state index contributed by atoms with van der Waals surface area (Å²) in [5, 5.41) is 8.90. The average Bonchev–Trinajstić information content (AvgIpc) is 2.46. The van der Waals surface area contributed by atoms with Crippen molar-refractivity contribution < 1.29 is 9.53 Å². The van der Waals surface area contributed by atoms with Crippen molar-refractivity contribution in [3.05, 3.63) is 46.5 Å². The fourth-order valence-electron chi connectivity index (χ4n) is 3.46. The summed E-state index contributed by atoms with van der Waals surface area (Å²) in [5.74, 6) is 0.0161. The van der Waals surface area contributed by atoms with Gasteiger partial charge in [-0.2, -0.15) is 5.26 Å². The van der Waals surface area contributed by atoms with E-state index in [1.807, 2.05) is 38.1 Å². The number of hydrogen-bond donors (Lipinski definition) is 0. The van der Waals surface area contributed by atoms with E-state index in [1.165, 1.54) is 0 Å². The van der Waals surface area contributed by atoms with Gasteiger partial charge in [0, 0.05) is 12.0 Å². The lowest BCUT2D eigenvalue weighted by atomic mass is 9.81. The fourth-order valence-corrected chi connectivity index (χ4v) is 3.46. The van der Waals surface area contributed by atoms with E-state index in [1.54, 1.807) is 0 Å². The number of hydrogen-bond acceptors (Lipinski definition) is 3. The molecular weight excluding hydrogens is 286 g/mol. The van der Waals surface area contributed by atoms with Crippen LogP contribution in [0.4, 0.5) is 0 Å². The molecule has 0 amide bonds. The molecule has 1 aliphatic heterocycles. The summed E-state index contributed by atoms with van der Waals surface area (Å²) in [6.45, 7) is 8.11. The second-order valence-electron chi connectivity index (χ2n) is 7.02. The summed E-state index contributed by atoms with van der Waals surface area (Å²) in [5.41, 5.74) is 3.42. The van der Waals surface area contributed by atoms with Crippen LogP contribution >= 0.6 is 0 Å². The first kappa shape index (κ1) is 17.3. The summed E-state index contributed by atoms with van der Waals surface area (Å²) < 4.78 is 5.62. The van der Waals surface area contributed by atoms with E-state index in [4.69, 9.17) is 10.00 Å². The van der Waals surface area contributed by atoms with Gasteiger partial charge in [0.05, 0.1) is 11.6 Å².